The van der Waals surface area contributed by atoms with Gasteiger partial charge in [0.1, 0.15) is 11.9 Å². The number of ether oxygens (including phenoxy) is 1. The number of benzene rings is 1. The van der Waals surface area contributed by atoms with Crippen LogP contribution < -0.4 is 0 Å². The molecule has 1 aliphatic rings. The molecule has 1 saturated heterocycles. The molecule has 1 unspecified atom stereocenters. The molecule has 0 aliphatic carbocycles. The van der Waals surface area contributed by atoms with E-state index in [9.17, 15) is 9.18 Å². The van der Waals surface area contributed by atoms with Crippen molar-refractivity contribution in [1.82, 2.24) is 5.01 Å². The van der Waals surface area contributed by atoms with Crippen LogP contribution in [0, 0.1) is 11.2 Å². The number of hydrogen-bond acceptors (Lipinski definition) is 4. The molecule has 1 heterocycles. The molecule has 4 nitrogen and oxygen atoms in total. The van der Waals surface area contributed by atoms with Crippen molar-refractivity contribution in [1.29, 1.82) is 0 Å². The van der Waals surface area contributed by atoms with Crippen LogP contribution in [-0.2, 0) is 9.53 Å². The maximum absolute atomic E-state index is 13.1. The van der Waals surface area contributed by atoms with Crippen LogP contribution in [-0.4, -0.2) is 36.4 Å². The van der Waals surface area contributed by atoms with Crippen molar-refractivity contribution < 1.29 is 13.9 Å². The minimum atomic E-state index is -0.371. The molecule has 1 atom stereocenters. The lowest BCUT2D eigenvalue weighted by Gasteiger charge is -2.19. The second kappa shape index (κ2) is 6.24. The standard InChI is InChI=1S/C16H21FN2O2/c1-4-21-15(20)14-9-16(2,3)11-19(14)18-10-12-6-5-7-13(17)8-12/h5-8,10,14H,4,9,11H2,1-3H3. The summed E-state index contributed by atoms with van der Waals surface area (Å²) in [6, 6.07) is 5.83. The van der Waals surface area contributed by atoms with E-state index in [1.165, 1.54) is 12.1 Å². The summed E-state index contributed by atoms with van der Waals surface area (Å²) in [5.41, 5.74) is 0.666. The fourth-order valence-corrected chi connectivity index (χ4v) is 2.53. The van der Waals surface area contributed by atoms with Crippen LogP contribution in [0.5, 0.6) is 0 Å². The Morgan fingerprint density at radius 2 is 2.33 bits per heavy atom. The number of hydrazone groups is 1. The largest absolute Gasteiger partial charge is 0.464 e. The molecule has 0 saturated carbocycles. The second-order valence-electron chi connectivity index (χ2n) is 6.03. The third kappa shape index (κ3) is 4.03. The molecule has 2 rings (SSSR count). The van der Waals surface area contributed by atoms with Crippen molar-refractivity contribution in [2.75, 3.05) is 13.2 Å². The highest BCUT2D eigenvalue weighted by atomic mass is 19.1. The molecule has 0 spiro atoms. The van der Waals surface area contributed by atoms with Gasteiger partial charge in [0.2, 0.25) is 0 Å². The van der Waals surface area contributed by atoms with Gasteiger partial charge < -0.3 is 4.74 Å². The summed E-state index contributed by atoms with van der Waals surface area (Å²) in [6.07, 6.45) is 2.28. The molecular weight excluding hydrogens is 271 g/mol. The van der Waals surface area contributed by atoms with Gasteiger partial charge in [-0.3, -0.25) is 5.01 Å². The van der Waals surface area contributed by atoms with Crippen molar-refractivity contribution in [2.45, 2.75) is 33.2 Å². The lowest BCUT2D eigenvalue weighted by atomic mass is 9.91. The highest BCUT2D eigenvalue weighted by Crippen LogP contribution is 2.34. The Balaban J connectivity index is 2.14. The van der Waals surface area contributed by atoms with E-state index in [4.69, 9.17) is 4.74 Å². The van der Waals surface area contributed by atoms with Gasteiger partial charge in [-0.1, -0.05) is 26.0 Å². The van der Waals surface area contributed by atoms with Gasteiger partial charge in [-0.15, -0.1) is 0 Å². The first-order valence-electron chi connectivity index (χ1n) is 7.14. The Morgan fingerprint density at radius 3 is 3.00 bits per heavy atom. The summed E-state index contributed by atoms with van der Waals surface area (Å²) in [5, 5.41) is 6.09. The zero-order valence-electron chi connectivity index (χ0n) is 12.7. The number of esters is 1. The molecule has 0 radical (unpaired) electrons. The van der Waals surface area contributed by atoms with Crippen molar-refractivity contribution in [3.63, 3.8) is 0 Å². The fourth-order valence-electron chi connectivity index (χ4n) is 2.53. The maximum Gasteiger partial charge on any atom is 0.330 e. The van der Waals surface area contributed by atoms with Crippen LogP contribution in [0.25, 0.3) is 0 Å². The molecule has 0 N–H and O–H groups in total. The van der Waals surface area contributed by atoms with E-state index in [1.54, 1.807) is 30.3 Å². The van der Waals surface area contributed by atoms with Gasteiger partial charge in [-0.05, 0) is 36.5 Å². The molecular formula is C16H21FN2O2. The number of hydrogen-bond donors (Lipinski definition) is 0. The Labute approximate surface area is 124 Å². The first kappa shape index (κ1) is 15.5. The van der Waals surface area contributed by atoms with E-state index in [0.29, 0.717) is 25.1 Å². The Bertz CT molecular complexity index is 543. The predicted octanol–water partition coefficient (Wildman–Crippen LogP) is 2.82. The van der Waals surface area contributed by atoms with Crippen molar-refractivity contribution in [3.05, 3.63) is 35.6 Å². The van der Waals surface area contributed by atoms with Crippen LogP contribution in [0.4, 0.5) is 4.39 Å². The highest BCUT2D eigenvalue weighted by molar-refractivity contribution is 5.80. The van der Waals surface area contributed by atoms with Crippen LogP contribution in [0.2, 0.25) is 0 Å². The SMILES string of the molecule is CCOC(=O)C1CC(C)(C)CN1N=Cc1cccc(F)c1. The van der Waals surface area contributed by atoms with Crippen molar-refractivity contribution in [3.8, 4) is 0 Å². The zero-order valence-corrected chi connectivity index (χ0v) is 12.7. The Morgan fingerprint density at radius 1 is 1.57 bits per heavy atom. The third-order valence-electron chi connectivity index (χ3n) is 3.46. The maximum atomic E-state index is 13.1. The third-order valence-corrected chi connectivity index (χ3v) is 3.46. The van der Waals surface area contributed by atoms with Gasteiger partial charge in [0.25, 0.3) is 0 Å². The average Bonchev–Trinajstić information content (AvgIpc) is 2.72. The van der Waals surface area contributed by atoms with Gasteiger partial charge in [-0.2, -0.15) is 5.10 Å². The molecule has 0 bridgehead atoms. The molecule has 1 fully saturated rings. The topological polar surface area (TPSA) is 41.9 Å². The van der Waals surface area contributed by atoms with Crippen LogP contribution in [0.3, 0.4) is 0 Å². The highest BCUT2D eigenvalue weighted by Gasteiger charge is 2.41. The fraction of sp³-hybridized carbons (Fsp3) is 0.500. The molecule has 0 aromatic heterocycles. The van der Waals surface area contributed by atoms with Crippen LogP contribution in [0.15, 0.2) is 29.4 Å². The molecule has 1 aromatic carbocycles. The molecule has 0 amide bonds. The summed E-state index contributed by atoms with van der Waals surface area (Å²) in [4.78, 5) is 12.0. The number of carbonyl (C=O) groups is 1. The van der Waals surface area contributed by atoms with Crippen LogP contribution in [0.1, 0.15) is 32.8 Å². The van der Waals surface area contributed by atoms with E-state index >= 15 is 0 Å². The van der Waals surface area contributed by atoms with E-state index < -0.39 is 0 Å². The normalized spacial score (nSPS) is 21.0. The summed E-state index contributed by atoms with van der Waals surface area (Å²) >= 11 is 0. The number of nitrogens with zero attached hydrogens (tertiary/aromatic N) is 2. The number of carbonyl (C=O) groups excluding carboxylic acids is 1. The summed E-state index contributed by atoms with van der Waals surface area (Å²) in [5.74, 6) is -0.554. The Hall–Kier alpha value is -1.91. The zero-order chi connectivity index (χ0) is 15.5. The van der Waals surface area contributed by atoms with Gasteiger partial charge in [-0.25, -0.2) is 9.18 Å². The van der Waals surface area contributed by atoms with E-state index in [-0.39, 0.29) is 23.2 Å². The lowest BCUT2D eigenvalue weighted by Crippen LogP contribution is -2.33. The number of halogens is 1. The first-order valence-corrected chi connectivity index (χ1v) is 7.14. The summed E-state index contributed by atoms with van der Waals surface area (Å²) < 4.78 is 18.3. The van der Waals surface area contributed by atoms with Gasteiger partial charge in [0.05, 0.1) is 12.8 Å². The monoisotopic (exact) mass is 292 g/mol. The minimum Gasteiger partial charge on any atom is -0.464 e. The van der Waals surface area contributed by atoms with Gasteiger partial charge in [0, 0.05) is 6.54 Å². The van der Waals surface area contributed by atoms with Gasteiger partial charge >= 0.3 is 5.97 Å². The number of rotatable bonds is 4. The smallest absolute Gasteiger partial charge is 0.330 e. The van der Waals surface area contributed by atoms with Gasteiger partial charge in [0.15, 0.2) is 0 Å². The summed E-state index contributed by atoms with van der Waals surface area (Å²) in [7, 11) is 0. The lowest BCUT2D eigenvalue weighted by molar-refractivity contribution is -0.148. The molecule has 1 aliphatic heterocycles. The summed E-state index contributed by atoms with van der Waals surface area (Å²) in [6.45, 7) is 7.01. The van der Waals surface area contributed by atoms with Crippen LogP contribution >= 0.6 is 0 Å². The molecule has 5 heteroatoms. The molecule has 1 aromatic rings. The van der Waals surface area contributed by atoms with Crippen molar-refractivity contribution in [2.24, 2.45) is 10.5 Å². The average molecular weight is 292 g/mol. The van der Waals surface area contributed by atoms with E-state index in [1.807, 2.05) is 0 Å². The first-order chi connectivity index (χ1) is 9.91. The van der Waals surface area contributed by atoms with E-state index in [0.717, 1.165) is 0 Å². The quantitative estimate of drug-likeness (QED) is 0.633. The minimum absolute atomic E-state index is 0.00327. The second-order valence-corrected chi connectivity index (χ2v) is 6.03. The molecule has 114 valence electrons. The van der Waals surface area contributed by atoms with Crippen molar-refractivity contribution >= 4 is 12.2 Å². The molecule has 21 heavy (non-hydrogen) atoms. The predicted molar refractivity (Wildman–Crippen MR) is 79.5 cm³/mol. The Kier molecular flexibility index (Phi) is 4.60. The van der Waals surface area contributed by atoms with E-state index in [2.05, 4.69) is 18.9 Å².